The maximum atomic E-state index is 12.2. The summed E-state index contributed by atoms with van der Waals surface area (Å²) >= 11 is 0. The number of carbonyl (C=O) groups is 1. The Bertz CT molecular complexity index is 811. The molecule has 0 spiro atoms. The van der Waals surface area contributed by atoms with E-state index in [1.807, 2.05) is 0 Å². The molecular weight excluding hydrogens is 326 g/mol. The average molecular weight is 343 g/mol. The quantitative estimate of drug-likeness (QED) is 0.331. The molecule has 0 radical (unpaired) electrons. The zero-order valence-electron chi connectivity index (χ0n) is 14.0. The lowest BCUT2D eigenvalue weighted by molar-refractivity contribution is -0.384. The van der Waals surface area contributed by atoms with Crippen LogP contribution in [0, 0.1) is 10.1 Å². The van der Waals surface area contributed by atoms with E-state index in [1.54, 1.807) is 18.2 Å². The van der Waals surface area contributed by atoms with Gasteiger partial charge in [0.1, 0.15) is 5.75 Å². The van der Waals surface area contributed by atoms with Gasteiger partial charge in [0.2, 0.25) is 0 Å². The highest BCUT2D eigenvalue weighted by atomic mass is 16.6. The van der Waals surface area contributed by atoms with Crippen molar-refractivity contribution in [2.24, 2.45) is 0 Å². The van der Waals surface area contributed by atoms with Crippen LogP contribution in [0.3, 0.4) is 0 Å². The number of hydrogen-bond acceptors (Lipinski definition) is 6. The van der Waals surface area contributed by atoms with Crippen molar-refractivity contribution in [1.82, 2.24) is 0 Å². The first-order chi connectivity index (χ1) is 12.0. The molecule has 0 aromatic heterocycles. The van der Waals surface area contributed by atoms with Crippen molar-refractivity contribution in [3.05, 3.63) is 63.7 Å². The molecule has 0 saturated heterocycles. The van der Waals surface area contributed by atoms with Gasteiger partial charge < -0.3 is 14.2 Å². The van der Waals surface area contributed by atoms with Crippen LogP contribution in [-0.4, -0.2) is 32.0 Å². The molecule has 0 N–H and O–H groups in total. The first-order valence-corrected chi connectivity index (χ1v) is 7.27. The third-order valence-electron chi connectivity index (χ3n) is 3.51. The van der Waals surface area contributed by atoms with Crippen molar-refractivity contribution in [2.75, 3.05) is 21.3 Å². The molecule has 0 heterocycles. The zero-order valence-corrected chi connectivity index (χ0v) is 14.0. The highest BCUT2D eigenvalue weighted by Gasteiger charge is 2.11. The Labute approximate surface area is 144 Å². The topological polar surface area (TPSA) is 87.9 Å². The van der Waals surface area contributed by atoms with E-state index in [0.29, 0.717) is 28.4 Å². The summed E-state index contributed by atoms with van der Waals surface area (Å²) in [5, 5.41) is 10.6. The summed E-state index contributed by atoms with van der Waals surface area (Å²) in [4.78, 5) is 22.4. The van der Waals surface area contributed by atoms with E-state index in [1.165, 1.54) is 51.7 Å². The fraction of sp³-hybridized carbons (Fsp3) is 0.167. The Morgan fingerprint density at radius 1 is 0.960 bits per heavy atom. The van der Waals surface area contributed by atoms with Gasteiger partial charge in [0.05, 0.1) is 26.3 Å². The summed E-state index contributed by atoms with van der Waals surface area (Å²) in [6.45, 7) is 0. The number of nitro benzene ring substituents is 1. The lowest BCUT2D eigenvalue weighted by atomic mass is 10.1. The van der Waals surface area contributed by atoms with Crippen molar-refractivity contribution in [3.63, 3.8) is 0 Å². The van der Waals surface area contributed by atoms with Crippen LogP contribution in [0.4, 0.5) is 5.69 Å². The number of nitrogens with zero attached hydrogens (tertiary/aromatic N) is 1. The molecule has 25 heavy (non-hydrogen) atoms. The molecule has 0 bridgehead atoms. The maximum Gasteiger partial charge on any atom is 0.269 e. The number of rotatable bonds is 7. The lowest BCUT2D eigenvalue weighted by Crippen LogP contribution is -1.97. The number of ketones is 1. The van der Waals surface area contributed by atoms with Crippen LogP contribution in [0.15, 0.2) is 42.5 Å². The minimum absolute atomic E-state index is 0.0675. The molecule has 0 aliphatic rings. The molecule has 0 unspecified atom stereocenters. The maximum absolute atomic E-state index is 12.2. The Hall–Kier alpha value is -3.35. The van der Waals surface area contributed by atoms with E-state index in [-0.39, 0.29) is 11.5 Å². The number of ether oxygens (including phenoxy) is 3. The van der Waals surface area contributed by atoms with E-state index in [0.717, 1.165) is 0 Å². The van der Waals surface area contributed by atoms with Crippen molar-refractivity contribution in [3.8, 4) is 17.2 Å². The average Bonchev–Trinajstić information content (AvgIpc) is 2.65. The molecule has 0 aliphatic heterocycles. The Kier molecular flexibility index (Phi) is 5.73. The van der Waals surface area contributed by atoms with Gasteiger partial charge in [-0.05, 0) is 30.4 Å². The van der Waals surface area contributed by atoms with Gasteiger partial charge in [-0.25, -0.2) is 0 Å². The number of methoxy groups -OCH3 is 3. The molecule has 7 nitrogen and oxygen atoms in total. The van der Waals surface area contributed by atoms with Crippen molar-refractivity contribution < 1.29 is 23.9 Å². The second-order valence-electron chi connectivity index (χ2n) is 4.95. The summed E-state index contributed by atoms with van der Waals surface area (Å²) in [5.41, 5.74) is 0.916. The van der Waals surface area contributed by atoms with E-state index in [9.17, 15) is 14.9 Å². The number of carbonyl (C=O) groups excluding carboxylic acids is 1. The number of hydrogen-bond donors (Lipinski definition) is 0. The highest BCUT2D eigenvalue weighted by Crippen LogP contribution is 2.35. The molecule has 0 fully saturated rings. The summed E-state index contributed by atoms with van der Waals surface area (Å²) in [5.74, 6) is 1.25. The molecular formula is C18H17NO6. The smallest absolute Gasteiger partial charge is 0.269 e. The Morgan fingerprint density at radius 3 is 2.04 bits per heavy atom. The van der Waals surface area contributed by atoms with Crippen molar-refractivity contribution in [2.45, 2.75) is 0 Å². The largest absolute Gasteiger partial charge is 0.496 e. The standard InChI is InChI=1S/C18H17NO6/c1-23-16-11-18(25-3)17(24-2)10-13(16)6-9-15(20)12-4-7-14(8-5-12)19(21)22/h4-11H,1-3H3/b9-6+. The van der Waals surface area contributed by atoms with Crippen LogP contribution < -0.4 is 14.2 Å². The van der Waals surface area contributed by atoms with Crippen molar-refractivity contribution in [1.29, 1.82) is 0 Å². The van der Waals surface area contributed by atoms with Crippen LogP contribution >= 0.6 is 0 Å². The van der Waals surface area contributed by atoms with Gasteiger partial charge in [-0.1, -0.05) is 0 Å². The van der Waals surface area contributed by atoms with E-state index < -0.39 is 4.92 Å². The fourth-order valence-electron chi connectivity index (χ4n) is 2.19. The fourth-order valence-corrected chi connectivity index (χ4v) is 2.19. The summed E-state index contributed by atoms with van der Waals surface area (Å²) in [6.07, 6.45) is 2.95. The van der Waals surface area contributed by atoms with Crippen LogP contribution in [0.25, 0.3) is 6.08 Å². The monoisotopic (exact) mass is 343 g/mol. The number of benzene rings is 2. The van der Waals surface area contributed by atoms with Gasteiger partial charge in [0.25, 0.3) is 5.69 Å². The second-order valence-corrected chi connectivity index (χ2v) is 4.95. The SMILES string of the molecule is COc1cc(OC)c(OC)cc1/C=C/C(=O)c1ccc([N+](=O)[O-])cc1. The third-order valence-corrected chi connectivity index (χ3v) is 3.51. The molecule has 0 saturated carbocycles. The van der Waals surface area contributed by atoms with Crippen LogP contribution in [0.5, 0.6) is 17.2 Å². The second kappa shape index (κ2) is 7.96. The lowest BCUT2D eigenvalue weighted by Gasteiger charge is -2.12. The minimum atomic E-state index is -0.515. The number of nitro groups is 1. The highest BCUT2D eigenvalue weighted by molar-refractivity contribution is 6.07. The molecule has 0 amide bonds. The predicted octanol–water partition coefficient (Wildman–Crippen LogP) is 3.52. The van der Waals surface area contributed by atoms with Crippen LogP contribution in [0.1, 0.15) is 15.9 Å². The van der Waals surface area contributed by atoms with Gasteiger partial charge in [-0.2, -0.15) is 0 Å². The normalized spacial score (nSPS) is 10.5. The predicted molar refractivity (Wildman–Crippen MR) is 92.6 cm³/mol. The van der Waals surface area contributed by atoms with Gasteiger partial charge >= 0.3 is 0 Å². The van der Waals surface area contributed by atoms with Gasteiger partial charge in [-0.15, -0.1) is 0 Å². The van der Waals surface area contributed by atoms with Crippen LogP contribution in [-0.2, 0) is 0 Å². The first kappa shape index (κ1) is 18.0. The van der Waals surface area contributed by atoms with E-state index in [4.69, 9.17) is 14.2 Å². The minimum Gasteiger partial charge on any atom is -0.496 e. The summed E-state index contributed by atoms with van der Waals surface area (Å²) in [7, 11) is 4.54. The third kappa shape index (κ3) is 4.14. The molecule has 2 rings (SSSR count). The molecule has 130 valence electrons. The van der Waals surface area contributed by atoms with Gasteiger partial charge in [0.15, 0.2) is 17.3 Å². The molecule has 0 aliphatic carbocycles. The first-order valence-electron chi connectivity index (χ1n) is 7.27. The van der Waals surface area contributed by atoms with Crippen molar-refractivity contribution >= 4 is 17.5 Å². The molecule has 2 aromatic carbocycles. The van der Waals surface area contributed by atoms with Crippen LogP contribution in [0.2, 0.25) is 0 Å². The summed E-state index contributed by atoms with van der Waals surface area (Å²) in [6, 6.07) is 8.76. The summed E-state index contributed by atoms with van der Waals surface area (Å²) < 4.78 is 15.7. The Morgan fingerprint density at radius 2 is 1.52 bits per heavy atom. The molecule has 7 heteroatoms. The van der Waals surface area contributed by atoms with E-state index in [2.05, 4.69) is 0 Å². The van der Waals surface area contributed by atoms with Gasteiger partial charge in [0, 0.05) is 29.3 Å². The molecule has 0 atom stereocenters. The Balaban J connectivity index is 2.28. The number of allylic oxidation sites excluding steroid dienone is 1. The van der Waals surface area contributed by atoms with E-state index >= 15 is 0 Å². The number of non-ortho nitro benzene ring substituents is 1. The molecule has 2 aromatic rings. The van der Waals surface area contributed by atoms with Gasteiger partial charge in [-0.3, -0.25) is 14.9 Å². The zero-order chi connectivity index (χ0) is 18.4.